The van der Waals surface area contributed by atoms with Crippen LogP contribution in [0.15, 0.2) is 12.7 Å². The summed E-state index contributed by atoms with van der Waals surface area (Å²) in [5.41, 5.74) is 0. The first-order valence-corrected chi connectivity index (χ1v) is 13.9. The lowest BCUT2D eigenvalue weighted by Crippen LogP contribution is -2.57. The van der Waals surface area contributed by atoms with Gasteiger partial charge in [-0.15, -0.1) is 18.3 Å². The SMILES string of the molecule is C=CCN(C(=O)C1N(CCCCO)C(=O)[C@@H]2[C@@H](C(=O)OCC)[C@@H]3SC12CC3Br)C(C)CCC. The van der Waals surface area contributed by atoms with Crippen LogP contribution in [0.3, 0.4) is 0 Å². The van der Waals surface area contributed by atoms with E-state index < -0.39 is 22.6 Å². The molecule has 0 radical (unpaired) electrons. The summed E-state index contributed by atoms with van der Waals surface area (Å²) in [5, 5.41) is 9.19. The minimum atomic E-state index is -0.658. The Labute approximate surface area is 209 Å². The molecule has 4 unspecified atom stereocenters. The van der Waals surface area contributed by atoms with Gasteiger partial charge in [-0.1, -0.05) is 35.4 Å². The van der Waals surface area contributed by atoms with Gasteiger partial charge in [0.1, 0.15) is 6.04 Å². The number of carbonyl (C=O) groups is 3. The molecule has 0 aliphatic carbocycles. The first-order valence-electron chi connectivity index (χ1n) is 12.1. The van der Waals surface area contributed by atoms with Crippen LogP contribution >= 0.6 is 27.7 Å². The predicted molar refractivity (Wildman–Crippen MR) is 133 cm³/mol. The number of aliphatic hydroxyl groups is 1. The lowest BCUT2D eigenvalue weighted by atomic mass is 9.71. The van der Waals surface area contributed by atoms with Gasteiger partial charge in [-0.05, 0) is 39.5 Å². The Kier molecular flexibility index (Phi) is 8.94. The average Bonchev–Trinajstić information content (AvgIpc) is 3.36. The third-order valence-corrected chi connectivity index (χ3v) is 10.5. The van der Waals surface area contributed by atoms with Crippen molar-refractivity contribution in [1.82, 2.24) is 9.80 Å². The molecule has 3 saturated heterocycles. The van der Waals surface area contributed by atoms with E-state index >= 15 is 0 Å². The zero-order valence-corrected chi connectivity index (χ0v) is 22.3. The molecule has 3 rings (SSSR count). The summed E-state index contributed by atoms with van der Waals surface area (Å²) in [6, 6.07) is -0.614. The highest BCUT2D eigenvalue weighted by Crippen LogP contribution is 2.68. The van der Waals surface area contributed by atoms with Gasteiger partial charge in [0.05, 0.1) is 23.2 Å². The third kappa shape index (κ3) is 4.61. The molecule has 0 aromatic carbocycles. The number of halogens is 1. The second kappa shape index (κ2) is 11.1. The zero-order chi connectivity index (χ0) is 24.3. The van der Waals surface area contributed by atoms with Gasteiger partial charge in [-0.2, -0.15) is 0 Å². The van der Waals surface area contributed by atoms with E-state index in [-0.39, 0.29) is 47.1 Å². The molecule has 3 heterocycles. The van der Waals surface area contributed by atoms with Crippen molar-refractivity contribution in [3.63, 3.8) is 0 Å². The number of hydrogen-bond acceptors (Lipinski definition) is 6. The Morgan fingerprint density at radius 1 is 1.42 bits per heavy atom. The van der Waals surface area contributed by atoms with Crippen LogP contribution in [0.5, 0.6) is 0 Å². The molecular weight excluding hydrogens is 508 g/mol. The molecular formula is C24H37BrN2O5S. The number of thioether (sulfide) groups is 1. The molecule has 3 fully saturated rings. The Hall–Kier alpha value is -1.06. The molecule has 0 saturated carbocycles. The average molecular weight is 546 g/mol. The van der Waals surface area contributed by atoms with E-state index in [0.29, 0.717) is 32.4 Å². The van der Waals surface area contributed by atoms with Crippen molar-refractivity contribution >= 4 is 45.5 Å². The van der Waals surface area contributed by atoms with Crippen molar-refractivity contribution < 1.29 is 24.2 Å². The minimum Gasteiger partial charge on any atom is -0.466 e. The van der Waals surface area contributed by atoms with Crippen molar-refractivity contribution in [2.75, 3.05) is 26.3 Å². The molecule has 0 aromatic rings. The van der Waals surface area contributed by atoms with E-state index in [1.54, 1.807) is 29.7 Å². The lowest BCUT2D eigenvalue weighted by molar-refractivity contribution is -0.153. The fraction of sp³-hybridized carbons (Fsp3) is 0.792. The molecule has 33 heavy (non-hydrogen) atoms. The van der Waals surface area contributed by atoms with Crippen molar-refractivity contribution in [2.45, 2.75) is 79.8 Å². The van der Waals surface area contributed by atoms with Gasteiger partial charge in [0, 0.05) is 35.8 Å². The second-order valence-corrected chi connectivity index (χ2v) is 12.0. The fourth-order valence-electron chi connectivity index (χ4n) is 5.91. The molecule has 3 aliphatic heterocycles. The summed E-state index contributed by atoms with van der Waals surface area (Å²) in [6.45, 7) is 10.9. The fourth-order valence-corrected chi connectivity index (χ4v) is 9.50. The van der Waals surface area contributed by atoms with Gasteiger partial charge in [0.25, 0.3) is 0 Å². The third-order valence-electron chi connectivity index (χ3n) is 7.24. The van der Waals surface area contributed by atoms with Crippen LogP contribution in [0.25, 0.3) is 0 Å². The summed E-state index contributed by atoms with van der Waals surface area (Å²) in [7, 11) is 0. The van der Waals surface area contributed by atoms with Crippen LogP contribution in [-0.4, -0.2) is 85.9 Å². The monoisotopic (exact) mass is 544 g/mol. The summed E-state index contributed by atoms with van der Waals surface area (Å²) < 4.78 is 4.72. The zero-order valence-electron chi connectivity index (χ0n) is 19.9. The van der Waals surface area contributed by atoms with Crippen LogP contribution in [0, 0.1) is 11.8 Å². The van der Waals surface area contributed by atoms with Crippen molar-refractivity contribution in [2.24, 2.45) is 11.8 Å². The molecule has 1 N–H and O–H groups in total. The van der Waals surface area contributed by atoms with Crippen LogP contribution in [0.2, 0.25) is 0 Å². The van der Waals surface area contributed by atoms with Crippen molar-refractivity contribution in [3.05, 3.63) is 12.7 Å². The molecule has 7 nitrogen and oxygen atoms in total. The highest BCUT2D eigenvalue weighted by molar-refractivity contribution is 9.09. The van der Waals surface area contributed by atoms with E-state index in [2.05, 4.69) is 29.4 Å². The van der Waals surface area contributed by atoms with Gasteiger partial charge in [0.2, 0.25) is 11.8 Å². The molecule has 186 valence electrons. The molecule has 3 aliphatic rings. The minimum absolute atomic E-state index is 0.0227. The lowest BCUT2D eigenvalue weighted by Gasteiger charge is -2.39. The van der Waals surface area contributed by atoms with Crippen LogP contribution < -0.4 is 0 Å². The summed E-state index contributed by atoms with van der Waals surface area (Å²) >= 11 is 5.39. The maximum Gasteiger partial charge on any atom is 0.310 e. The summed E-state index contributed by atoms with van der Waals surface area (Å²) in [5.74, 6) is -1.64. The van der Waals surface area contributed by atoms with Crippen LogP contribution in [0.4, 0.5) is 0 Å². The number of rotatable bonds is 12. The van der Waals surface area contributed by atoms with E-state index in [1.165, 1.54) is 0 Å². The van der Waals surface area contributed by atoms with Gasteiger partial charge < -0.3 is 19.6 Å². The molecule has 0 aromatic heterocycles. The predicted octanol–water partition coefficient (Wildman–Crippen LogP) is 2.99. The number of fused-ring (bicyclic) bond motifs is 1. The number of ether oxygens (including phenoxy) is 1. The number of esters is 1. The van der Waals surface area contributed by atoms with Crippen molar-refractivity contribution in [1.29, 1.82) is 0 Å². The highest BCUT2D eigenvalue weighted by Gasteiger charge is 2.76. The molecule has 2 bridgehead atoms. The number of amides is 2. The van der Waals surface area contributed by atoms with Crippen LogP contribution in [-0.2, 0) is 19.1 Å². The first-order chi connectivity index (χ1) is 15.8. The topological polar surface area (TPSA) is 87.2 Å². The number of alkyl halides is 1. The quantitative estimate of drug-likeness (QED) is 0.176. The Balaban J connectivity index is 2.03. The second-order valence-electron chi connectivity index (χ2n) is 9.29. The van der Waals surface area contributed by atoms with E-state index in [0.717, 1.165) is 12.8 Å². The van der Waals surface area contributed by atoms with E-state index in [1.807, 2.05) is 11.8 Å². The summed E-state index contributed by atoms with van der Waals surface area (Å²) in [6.07, 6.45) is 5.37. The van der Waals surface area contributed by atoms with Gasteiger partial charge in [0.15, 0.2) is 0 Å². The Morgan fingerprint density at radius 2 is 2.15 bits per heavy atom. The van der Waals surface area contributed by atoms with E-state index in [9.17, 15) is 19.5 Å². The molecule has 1 spiro atoms. The Bertz CT molecular complexity index is 767. The number of hydrogen-bond donors (Lipinski definition) is 1. The maximum atomic E-state index is 14.2. The first kappa shape index (κ1) is 26.5. The normalized spacial score (nSPS) is 33.2. The van der Waals surface area contributed by atoms with Gasteiger partial charge >= 0.3 is 5.97 Å². The van der Waals surface area contributed by atoms with Gasteiger partial charge in [-0.3, -0.25) is 14.4 Å². The number of unbranched alkanes of at least 4 members (excludes halogenated alkanes) is 1. The van der Waals surface area contributed by atoms with E-state index in [4.69, 9.17) is 4.74 Å². The number of nitrogens with zero attached hydrogens (tertiary/aromatic N) is 2. The number of likely N-dealkylation sites (tertiary alicyclic amines) is 1. The Morgan fingerprint density at radius 3 is 2.76 bits per heavy atom. The molecule has 9 heteroatoms. The maximum absolute atomic E-state index is 14.2. The standard InChI is InChI=1S/C24H37BrN2O5S/c1-5-10-15(4)26(11-6-2)22(30)20-24-14-16(25)19(33-24)17(23(31)32-7-3)18(24)21(29)27(20)12-8-9-13-28/h6,15-20,28H,2,5,7-14H2,1,3-4H3/t15?,16?,17-,18+,19-,20?,24?/m1/s1. The summed E-state index contributed by atoms with van der Waals surface area (Å²) in [4.78, 5) is 44.5. The van der Waals surface area contributed by atoms with Gasteiger partial charge in [-0.25, -0.2) is 0 Å². The smallest absolute Gasteiger partial charge is 0.310 e. The largest absolute Gasteiger partial charge is 0.466 e. The van der Waals surface area contributed by atoms with Crippen molar-refractivity contribution in [3.8, 4) is 0 Å². The number of aliphatic hydroxyl groups excluding tert-OH is 1. The van der Waals surface area contributed by atoms with Crippen LogP contribution in [0.1, 0.15) is 52.9 Å². The highest BCUT2D eigenvalue weighted by atomic mass is 79.9. The molecule has 2 amide bonds. The molecule has 7 atom stereocenters. The number of carbonyl (C=O) groups excluding carboxylic acids is 3.